The number of nitrogens with one attached hydrogen (secondary N) is 2. The lowest BCUT2D eigenvalue weighted by molar-refractivity contribution is -0.144. The average molecular weight is 495 g/mol. The maximum absolute atomic E-state index is 13.1. The fraction of sp³-hybridized carbons (Fsp3) is 0.500. The molecule has 0 saturated carbocycles. The van der Waals surface area contributed by atoms with Crippen molar-refractivity contribution >= 4 is 42.3 Å². The van der Waals surface area contributed by atoms with Gasteiger partial charge in [-0.15, -0.1) is 0 Å². The number of rotatable bonds is 12. The molecule has 4 atom stereocenters. The molecule has 0 spiro atoms. The Balaban J connectivity index is 2.18. The van der Waals surface area contributed by atoms with Crippen LogP contribution in [0.25, 0.3) is 0 Å². The maximum Gasteiger partial charge on any atom is 0.326 e. The summed E-state index contributed by atoms with van der Waals surface area (Å²) in [5.74, 6) is -4.18. The smallest absolute Gasteiger partial charge is 0.326 e. The van der Waals surface area contributed by atoms with E-state index in [9.17, 15) is 29.1 Å². The molecule has 12 heteroatoms. The molecule has 186 valence electrons. The van der Waals surface area contributed by atoms with Crippen molar-refractivity contribution in [3.05, 3.63) is 35.9 Å². The first-order chi connectivity index (χ1) is 16.1. The summed E-state index contributed by atoms with van der Waals surface area (Å²) in [5, 5.41) is 23.2. The topological polar surface area (TPSA) is 179 Å². The van der Waals surface area contributed by atoms with Crippen LogP contribution < -0.4 is 16.4 Å². The van der Waals surface area contributed by atoms with Crippen molar-refractivity contribution in [3.63, 3.8) is 0 Å². The van der Waals surface area contributed by atoms with Gasteiger partial charge < -0.3 is 31.5 Å². The molecular formula is C22H30N4O7S. The van der Waals surface area contributed by atoms with Gasteiger partial charge in [-0.3, -0.25) is 19.2 Å². The third-order valence-electron chi connectivity index (χ3n) is 5.53. The van der Waals surface area contributed by atoms with Crippen LogP contribution in [0.3, 0.4) is 0 Å². The molecular weight excluding hydrogens is 464 g/mol. The van der Waals surface area contributed by atoms with Gasteiger partial charge in [-0.2, -0.15) is 12.6 Å². The fourth-order valence-corrected chi connectivity index (χ4v) is 3.87. The molecule has 4 unspecified atom stereocenters. The van der Waals surface area contributed by atoms with Crippen LogP contribution in [0.5, 0.6) is 0 Å². The zero-order valence-corrected chi connectivity index (χ0v) is 19.4. The second kappa shape index (κ2) is 12.9. The summed E-state index contributed by atoms with van der Waals surface area (Å²) in [6.07, 6.45) is 0.300. The van der Waals surface area contributed by atoms with Crippen LogP contribution in [0.1, 0.15) is 31.2 Å². The van der Waals surface area contributed by atoms with E-state index in [2.05, 4.69) is 23.3 Å². The van der Waals surface area contributed by atoms with Crippen molar-refractivity contribution < 1.29 is 34.2 Å². The highest BCUT2D eigenvalue weighted by Crippen LogP contribution is 2.19. The summed E-state index contributed by atoms with van der Waals surface area (Å²) >= 11 is 4.03. The number of hydrogen-bond donors (Lipinski definition) is 6. The number of nitrogens with two attached hydrogens (primary N) is 1. The third-order valence-corrected chi connectivity index (χ3v) is 5.92. The quantitative estimate of drug-likeness (QED) is 0.208. The Morgan fingerprint density at radius 1 is 1.09 bits per heavy atom. The molecule has 0 aliphatic carbocycles. The molecule has 0 radical (unpaired) electrons. The summed E-state index contributed by atoms with van der Waals surface area (Å²) in [6, 6.07) is 4.57. The van der Waals surface area contributed by atoms with Gasteiger partial charge in [0.25, 0.3) is 0 Å². The van der Waals surface area contributed by atoms with E-state index in [0.29, 0.717) is 19.4 Å². The average Bonchev–Trinajstić information content (AvgIpc) is 3.30. The van der Waals surface area contributed by atoms with Crippen LogP contribution in [0.4, 0.5) is 0 Å². The van der Waals surface area contributed by atoms with E-state index < -0.39 is 60.2 Å². The Labute approximate surface area is 202 Å². The molecule has 1 aliphatic rings. The number of carboxylic acids is 2. The second-order valence-electron chi connectivity index (χ2n) is 8.06. The van der Waals surface area contributed by atoms with Crippen molar-refractivity contribution in [2.24, 2.45) is 5.73 Å². The molecule has 34 heavy (non-hydrogen) atoms. The minimum absolute atomic E-state index is 0.0699. The normalized spacial score (nSPS) is 17.9. The van der Waals surface area contributed by atoms with Crippen LogP contribution in [-0.2, 0) is 30.4 Å². The highest BCUT2D eigenvalue weighted by Gasteiger charge is 2.37. The van der Waals surface area contributed by atoms with E-state index in [-0.39, 0.29) is 18.6 Å². The number of aliphatic carboxylic acids is 2. The molecule has 0 bridgehead atoms. The number of benzene rings is 1. The van der Waals surface area contributed by atoms with Gasteiger partial charge in [0.05, 0.1) is 6.04 Å². The number of thiol groups is 1. The molecule has 11 nitrogen and oxygen atoms in total. The van der Waals surface area contributed by atoms with Gasteiger partial charge in [-0.05, 0) is 24.8 Å². The van der Waals surface area contributed by atoms with E-state index in [0.717, 1.165) is 5.56 Å². The zero-order valence-electron chi connectivity index (χ0n) is 18.6. The predicted octanol–water partition coefficient (Wildman–Crippen LogP) is -0.604. The first kappa shape index (κ1) is 27.1. The van der Waals surface area contributed by atoms with Crippen molar-refractivity contribution in [2.45, 2.75) is 56.3 Å². The Kier molecular flexibility index (Phi) is 10.3. The SMILES string of the molecule is NC(CS)C(=O)N1CCCC1C(=O)NC(Cc1ccccc1)C(=O)NC(CCC(=O)O)C(=O)O. The standard InChI is InChI=1S/C22H30N4O7S/c23-14(12-34)21(31)26-10-4-7-17(26)20(30)25-16(11-13-5-2-1-3-6-13)19(29)24-15(22(32)33)8-9-18(27)28/h1-3,5-6,14-17,34H,4,7-12,23H2,(H,24,29)(H,25,30)(H,27,28)(H,32,33). The molecule has 1 aliphatic heterocycles. The minimum atomic E-state index is -1.43. The van der Waals surface area contributed by atoms with Gasteiger partial charge in [-0.25, -0.2) is 4.79 Å². The van der Waals surface area contributed by atoms with Crippen molar-refractivity contribution in [3.8, 4) is 0 Å². The Bertz CT molecular complexity index is 898. The minimum Gasteiger partial charge on any atom is -0.481 e. The van der Waals surface area contributed by atoms with Crippen LogP contribution in [0.15, 0.2) is 30.3 Å². The number of likely N-dealkylation sites (tertiary alicyclic amines) is 1. The molecule has 6 N–H and O–H groups in total. The van der Waals surface area contributed by atoms with Crippen LogP contribution in [0, 0.1) is 0 Å². The first-order valence-electron chi connectivity index (χ1n) is 10.9. The number of nitrogens with zero attached hydrogens (tertiary/aromatic N) is 1. The van der Waals surface area contributed by atoms with Gasteiger partial charge in [0, 0.05) is 25.1 Å². The molecule has 3 amide bonds. The van der Waals surface area contributed by atoms with E-state index >= 15 is 0 Å². The lowest BCUT2D eigenvalue weighted by atomic mass is 10.0. The van der Waals surface area contributed by atoms with Gasteiger partial charge in [0.2, 0.25) is 17.7 Å². The van der Waals surface area contributed by atoms with E-state index in [4.69, 9.17) is 10.8 Å². The van der Waals surface area contributed by atoms with Crippen molar-refractivity contribution in [1.82, 2.24) is 15.5 Å². The van der Waals surface area contributed by atoms with Gasteiger partial charge in [0.15, 0.2) is 0 Å². The Morgan fingerprint density at radius 3 is 2.35 bits per heavy atom. The zero-order chi connectivity index (χ0) is 25.3. The van der Waals surface area contributed by atoms with E-state index in [1.165, 1.54) is 4.90 Å². The molecule has 1 saturated heterocycles. The molecule has 1 heterocycles. The summed E-state index contributed by atoms with van der Waals surface area (Å²) in [5.41, 5.74) is 6.50. The van der Waals surface area contributed by atoms with Crippen LogP contribution >= 0.6 is 12.6 Å². The summed E-state index contributed by atoms with van der Waals surface area (Å²) < 4.78 is 0. The van der Waals surface area contributed by atoms with Crippen LogP contribution in [-0.4, -0.2) is 81.2 Å². The van der Waals surface area contributed by atoms with Gasteiger partial charge >= 0.3 is 11.9 Å². The number of carbonyl (C=O) groups is 5. The van der Waals surface area contributed by atoms with Gasteiger partial charge in [0.1, 0.15) is 18.1 Å². The maximum atomic E-state index is 13.1. The highest BCUT2D eigenvalue weighted by atomic mass is 32.1. The van der Waals surface area contributed by atoms with Crippen molar-refractivity contribution in [2.75, 3.05) is 12.3 Å². The predicted molar refractivity (Wildman–Crippen MR) is 125 cm³/mol. The van der Waals surface area contributed by atoms with E-state index in [1.807, 2.05) is 0 Å². The summed E-state index contributed by atoms with van der Waals surface area (Å²) in [4.78, 5) is 62.3. The summed E-state index contributed by atoms with van der Waals surface area (Å²) in [7, 11) is 0. The van der Waals surface area contributed by atoms with E-state index in [1.54, 1.807) is 30.3 Å². The summed E-state index contributed by atoms with van der Waals surface area (Å²) in [6.45, 7) is 0.351. The third kappa shape index (κ3) is 7.73. The number of carbonyl (C=O) groups excluding carboxylic acids is 3. The monoisotopic (exact) mass is 494 g/mol. The molecule has 0 aromatic heterocycles. The molecule has 1 aromatic rings. The Hall–Kier alpha value is -3.12. The fourth-order valence-electron chi connectivity index (χ4n) is 3.72. The van der Waals surface area contributed by atoms with Crippen LogP contribution in [0.2, 0.25) is 0 Å². The molecule has 1 aromatic carbocycles. The largest absolute Gasteiger partial charge is 0.481 e. The number of hydrogen-bond acceptors (Lipinski definition) is 7. The number of amides is 3. The molecule has 1 fully saturated rings. The number of carboxylic acid groups (broad SMARTS) is 2. The van der Waals surface area contributed by atoms with Gasteiger partial charge in [-0.1, -0.05) is 30.3 Å². The lowest BCUT2D eigenvalue weighted by Gasteiger charge is -2.28. The Morgan fingerprint density at radius 2 is 1.76 bits per heavy atom. The second-order valence-corrected chi connectivity index (χ2v) is 8.43. The first-order valence-corrected chi connectivity index (χ1v) is 11.5. The lowest BCUT2D eigenvalue weighted by Crippen LogP contribution is -2.57. The van der Waals surface area contributed by atoms with Crippen molar-refractivity contribution in [1.29, 1.82) is 0 Å². The highest BCUT2D eigenvalue weighted by molar-refractivity contribution is 7.80. The molecule has 2 rings (SSSR count).